The van der Waals surface area contributed by atoms with Crippen LogP contribution in [0.4, 0.5) is 0 Å². The second-order valence-corrected chi connectivity index (χ2v) is 4.78. The van der Waals surface area contributed by atoms with E-state index in [9.17, 15) is 0 Å². The van der Waals surface area contributed by atoms with Crippen molar-refractivity contribution < 1.29 is 0 Å². The molecule has 1 N–H and O–H groups in total. The molecule has 1 heterocycles. The number of H-pyrrole nitrogens is 1. The van der Waals surface area contributed by atoms with Crippen LogP contribution in [0.3, 0.4) is 0 Å². The molecule has 3 aromatic rings. The maximum Gasteiger partial charge on any atom is 0.137 e. The largest absolute Gasteiger partial charge is 0.338 e. The number of benzene rings is 2. The molecular weight excluding hydrogens is 232 g/mol. The number of imidazole rings is 1. The van der Waals surface area contributed by atoms with Gasteiger partial charge in [-0.2, -0.15) is 0 Å². The lowest BCUT2D eigenvalue weighted by Crippen LogP contribution is -1.88. The molecular formula is C17H16N2. The number of aromatic amines is 1. The van der Waals surface area contributed by atoms with Crippen molar-refractivity contribution in [3.8, 4) is 22.6 Å². The topological polar surface area (TPSA) is 28.7 Å². The van der Waals surface area contributed by atoms with Crippen LogP contribution >= 0.6 is 0 Å². The van der Waals surface area contributed by atoms with Crippen LogP contribution in [0.2, 0.25) is 0 Å². The molecule has 0 aliphatic rings. The van der Waals surface area contributed by atoms with Crippen molar-refractivity contribution in [2.75, 3.05) is 0 Å². The fourth-order valence-corrected chi connectivity index (χ4v) is 2.43. The minimum Gasteiger partial charge on any atom is -0.338 e. The standard InChI is InChI=1S/C17H16N2/c1-12-7-6-8-13(2)16(12)15-11-18-17(19-15)14-9-4-3-5-10-14/h3-11H,1-2H3,(H,18,19). The monoisotopic (exact) mass is 248 g/mol. The molecule has 3 rings (SSSR count). The van der Waals surface area contributed by atoms with Crippen LogP contribution in [-0.2, 0) is 0 Å². The predicted molar refractivity (Wildman–Crippen MR) is 78.9 cm³/mol. The third kappa shape index (κ3) is 2.17. The first kappa shape index (κ1) is 11.7. The molecule has 2 aromatic carbocycles. The number of nitrogens with zero attached hydrogens (tertiary/aromatic N) is 1. The highest BCUT2D eigenvalue weighted by atomic mass is 14.9. The summed E-state index contributed by atoms with van der Waals surface area (Å²) in [4.78, 5) is 7.91. The first-order valence-corrected chi connectivity index (χ1v) is 6.43. The van der Waals surface area contributed by atoms with E-state index < -0.39 is 0 Å². The van der Waals surface area contributed by atoms with Gasteiger partial charge < -0.3 is 4.98 Å². The van der Waals surface area contributed by atoms with Gasteiger partial charge in [-0.25, -0.2) is 4.98 Å². The number of aryl methyl sites for hydroxylation is 2. The van der Waals surface area contributed by atoms with Crippen molar-refractivity contribution in [2.45, 2.75) is 13.8 Å². The molecule has 94 valence electrons. The molecule has 0 unspecified atom stereocenters. The molecule has 0 saturated carbocycles. The molecule has 0 bridgehead atoms. The zero-order valence-corrected chi connectivity index (χ0v) is 11.1. The van der Waals surface area contributed by atoms with E-state index in [4.69, 9.17) is 0 Å². The first-order valence-electron chi connectivity index (χ1n) is 6.43. The number of aromatic nitrogens is 2. The van der Waals surface area contributed by atoms with Gasteiger partial charge in [0.15, 0.2) is 0 Å². The Morgan fingerprint density at radius 2 is 1.53 bits per heavy atom. The summed E-state index contributed by atoms with van der Waals surface area (Å²) in [5.74, 6) is 0.915. The minimum absolute atomic E-state index is 0.915. The molecule has 0 amide bonds. The van der Waals surface area contributed by atoms with Crippen LogP contribution in [-0.4, -0.2) is 9.97 Å². The fourth-order valence-electron chi connectivity index (χ4n) is 2.43. The van der Waals surface area contributed by atoms with E-state index in [-0.39, 0.29) is 0 Å². The van der Waals surface area contributed by atoms with Crippen LogP contribution in [0.25, 0.3) is 22.6 Å². The number of hydrogen-bond donors (Lipinski definition) is 1. The molecule has 1 aromatic heterocycles. The second-order valence-electron chi connectivity index (χ2n) is 4.78. The van der Waals surface area contributed by atoms with Crippen molar-refractivity contribution in [1.82, 2.24) is 9.97 Å². The van der Waals surface area contributed by atoms with Gasteiger partial charge in [-0.15, -0.1) is 0 Å². The molecule has 19 heavy (non-hydrogen) atoms. The molecule has 0 atom stereocenters. The lowest BCUT2D eigenvalue weighted by molar-refractivity contribution is 1.30. The maximum atomic E-state index is 4.49. The predicted octanol–water partition coefficient (Wildman–Crippen LogP) is 4.36. The summed E-state index contributed by atoms with van der Waals surface area (Å²) >= 11 is 0. The van der Waals surface area contributed by atoms with Crippen LogP contribution < -0.4 is 0 Å². The summed E-state index contributed by atoms with van der Waals surface area (Å²) < 4.78 is 0. The van der Waals surface area contributed by atoms with E-state index in [0.717, 1.165) is 17.1 Å². The fraction of sp³-hybridized carbons (Fsp3) is 0.118. The van der Waals surface area contributed by atoms with Crippen molar-refractivity contribution in [3.05, 3.63) is 65.9 Å². The Morgan fingerprint density at radius 1 is 0.842 bits per heavy atom. The SMILES string of the molecule is Cc1cccc(C)c1-c1cnc(-c2ccccc2)[nH]1. The Morgan fingerprint density at radius 3 is 2.21 bits per heavy atom. The number of nitrogens with one attached hydrogen (secondary N) is 1. The van der Waals surface area contributed by atoms with E-state index in [2.05, 4.69) is 54.1 Å². The van der Waals surface area contributed by atoms with Crippen molar-refractivity contribution in [1.29, 1.82) is 0 Å². The molecule has 0 aliphatic heterocycles. The number of rotatable bonds is 2. The molecule has 0 spiro atoms. The molecule has 2 heteroatoms. The molecule has 0 aliphatic carbocycles. The van der Waals surface area contributed by atoms with Gasteiger partial charge in [0.05, 0.1) is 11.9 Å². The number of hydrogen-bond acceptors (Lipinski definition) is 1. The van der Waals surface area contributed by atoms with Crippen molar-refractivity contribution in [2.24, 2.45) is 0 Å². The summed E-state index contributed by atoms with van der Waals surface area (Å²) in [6.07, 6.45) is 1.91. The Bertz CT molecular complexity index is 676. The summed E-state index contributed by atoms with van der Waals surface area (Å²) in [7, 11) is 0. The van der Waals surface area contributed by atoms with Gasteiger partial charge in [0.1, 0.15) is 5.82 Å². The smallest absolute Gasteiger partial charge is 0.137 e. The Balaban J connectivity index is 2.07. The van der Waals surface area contributed by atoms with Crippen LogP contribution in [0.5, 0.6) is 0 Å². The molecule has 0 fully saturated rings. The van der Waals surface area contributed by atoms with Gasteiger partial charge in [-0.3, -0.25) is 0 Å². The summed E-state index contributed by atoms with van der Waals surface area (Å²) in [6.45, 7) is 4.26. The quantitative estimate of drug-likeness (QED) is 0.717. The Kier molecular flexibility index (Phi) is 2.92. The van der Waals surface area contributed by atoms with E-state index in [1.165, 1.54) is 16.7 Å². The molecule has 0 radical (unpaired) electrons. The highest BCUT2D eigenvalue weighted by Crippen LogP contribution is 2.27. The Hall–Kier alpha value is -2.35. The average Bonchev–Trinajstić information content (AvgIpc) is 2.89. The van der Waals surface area contributed by atoms with E-state index >= 15 is 0 Å². The van der Waals surface area contributed by atoms with Gasteiger partial charge >= 0.3 is 0 Å². The van der Waals surface area contributed by atoms with Crippen LogP contribution in [0.15, 0.2) is 54.7 Å². The van der Waals surface area contributed by atoms with Gasteiger partial charge in [-0.05, 0) is 25.0 Å². The van der Waals surface area contributed by atoms with Gasteiger partial charge in [-0.1, -0.05) is 48.5 Å². The maximum absolute atomic E-state index is 4.49. The highest BCUT2D eigenvalue weighted by molar-refractivity contribution is 5.69. The van der Waals surface area contributed by atoms with Crippen molar-refractivity contribution >= 4 is 0 Å². The average molecular weight is 248 g/mol. The first-order chi connectivity index (χ1) is 9.25. The minimum atomic E-state index is 0.915. The zero-order chi connectivity index (χ0) is 13.2. The van der Waals surface area contributed by atoms with Gasteiger partial charge in [0.25, 0.3) is 0 Å². The van der Waals surface area contributed by atoms with Crippen molar-refractivity contribution in [3.63, 3.8) is 0 Å². The van der Waals surface area contributed by atoms with E-state index in [0.29, 0.717) is 0 Å². The van der Waals surface area contributed by atoms with Gasteiger partial charge in [0, 0.05) is 11.1 Å². The van der Waals surface area contributed by atoms with Crippen LogP contribution in [0, 0.1) is 13.8 Å². The molecule has 2 nitrogen and oxygen atoms in total. The zero-order valence-electron chi connectivity index (χ0n) is 11.1. The summed E-state index contributed by atoms with van der Waals surface area (Å²) in [6, 6.07) is 16.5. The van der Waals surface area contributed by atoms with Crippen LogP contribution in [0.1, 0.15) is 11.1 Å². The lowest BCUT2D eigenvalue weighted by atomic mass is 10.0. The second kappa shape index (κ2) is 4.73. The summed E-state index contributed by atoms with van der Waals surface area (Å²) in [5.41, 5.74) is 5.97. The highest BCUT2D eigenvalue weighted by Gasteiger charge is 2.09. The normalized spacial score (nSPS) is 10.6. The van der Waals surface area contributed by atoms with E-state index in [1.54, 1.807) is 0 Å². The lowest BCUT2D eigenvalue weighted by Gasteiger charge is -2.06. The summed E-state index contributed by atoms with van der Waals surface area (Å²) in [5, 5.41) is 0. The molecule has 0 saturated heterocycles. The Labute approximate surface area is 113 Å². The third-order valence-electron chi connectivity index (χ3n) is 3.37. The van der Waals surface area contributed by atoms with Gasteiger partial charge in [0.2, 0.25) is 0 Å². The third-order valence-corrected chi connectivity index (χ3v) is 3.37. The van der Waals surface area contributed by atoms with E-state index in [1.807, 2.05) is 24.4 Å².